The fourth-order valence-corrected chi connectivity index (χ4v) is 3.40. The molecule has 1 atom stereocenters. The van der Waals surface area contributed by atoms with Crippen LogP contribution in [-0.2, 0) is 0 Å². The predicted molar refractivity (Wildman–Crippen MR) is 100.0 cm³/mol. The Morgan fingerprint density at radius 1 is 1.32 bits per heavy atom. The summed E-state index contributed by atoms with van der Waals surface area (Å²) in [5.74, 6) is -0.371. The molecule has 0 saturated heterocycles. The number of nitrogens with zero attached hydrogens (tertiary/aromatic N) is 1. The molecule has 5 nitrogen and oxygen atoms in total. The highest BCUT2D eigenvalue weighted by molar-refractivity contribution is 7.07. The summed E-state index contributed by atoms with van der Waals surface area (Å²) < 4.78 is 18.6. The van der Waals surface area contributed by atoms with E-state index in [4.69, 9.17) is 4.74 Å². The van der Waals surface area contributed by atoms with Crippen molar-refractivity contribution in [3.05, 3.63) is 46.4 Å². The third-order valence-electron chi connectivity index (χ3n) is 4.05. The molecule has 0 bridgehead atoms. The van der Waals surface area contributed by atoms with Crippen LogP contribution in [0, 0.1) is 5.82 Å². The van der Waals surface area contributed by atoms with E-state index >= 15 is 0 Å². The van der Waals surface area contributed by atoms with Gasteiger partial charge >= 0.3 is 6.03 Å². The van der Waals surface area contributed by atoms with Gasteiger partial charge in [0.1, 0.15) is 0 Å². The van der Waals surface area contributed by atoms with E-state index in [2.05, 4.69) is 40.8 Å². The Kier molecular flexibility index (Phi) is 7.21. The zero-order chi connectivity index (χ0) is 18.2. The van der Waals surface area contributed by atoms with Gasteiger partial charge in [-0.25, -0.2) is 9.18 Å². The van der Waals surface area contributed by atoms with Crippen molar-refractivity contribution in [3.8, 4) is 5.75 Å². The average Bonchev–Trinajstić information content (AvgIpc) is 3.13. The van der Waals surface area contributed by atoms with E-state index in [1.807, 2.05) is 5.38 Å². The van der Waals surface area contributed by atoms with Crippen molar-refractivity contribution >= 4 is 23.1 Å². The normalized spacial score (nSPS) is 12.0. The van der Waals surface area contributed by atoms with Gasteiger partial charge in [-0.05, 0) is 47.6 Å². The molecule has 1 aromatic heterocycles. The molecule has 0 fully saturated rings. The summed E-state index contributed by atoms with van der Waals surface area (Å²) in [6, 6.07) is 6.14. The summed E-state index contributed by atoms with van der Waals surface area (Å²) in [6.45, 7) is 6.46. The lowest BCUT2D eigenvalue weighted by Gasteiger charge is -2.29. The van der Waals surface area contributed by atoms with Crippen molar-refractivity contribution in [2.45, 2.75) is 19.9 Å². The van der Waals surface area contributed by atoms with Crippen LogP contribution in [0.3, 0.4) is 0 Å². The lowest BCUT2D eigenvalue weighted by Crippen LogP contribution is -2.39. The second-order valence-corrected chi connectivity index (χ2v) is 6.26. The van der Waals surface area contributed by atoms with Gasteiger partial charge in [-0.1, -0.05) is 13.8 Å². The summed E-state index contributed by atoms with van der Waals surface area (Å²) >= 11 is 1.64. The fraction of sp³-hybridized carbons (Fsp3) is 0.389. The number of carbonyl (C=O) groups is 1. The Labute approximate surface area is 151 Å². The monoisotopic (exact) mass is 365 g/mol. The van der Waals surface area contributed by atoms with Gasteiger partial charge in [0.15, 0.2) is 11.6 Å². The van der Waals surface area contributed by atoms with Gasteiger partial charge in [0, 0.05) is 18.3 Å². The molecule has 1 aromatic carbocycles. The van der Waals surface area contributed by atoms with Crippen LogP contribution in [0.5, 0.6) is 5.75 Å². The van der Waals surface area contributed by atoms with Gasteiger partial charge in [-0.3, -0.25) is 4.90 Å². The lowest BCUT2D eigenvalue weighted by molar-refractivity contribution is 0.210. The zero-order valence-electron chi connectivity index (χ0n) is 14.7. The number of likely N-dealkylation sites (N-methyl/N-ethyl adjacent to an activating group) is 1. The van der Waals surface area contributed by atoms with E-state index < -0.39 is 5.82 Å². The first-order valence-electron chi connectivity index (χ1n) is 8.23. The Balaban J connectivity index is 1.98. The largest absolute Gasteiger partial charge is 0.494 e. The molecule has 0 aliphatic carbocycles. The number of hydrogen-bond donors (Lipinski definition) is 2. The molecule has 2 N–H and O–H groups in total. The molecule has 0 aliphatic rings. The molecule has 2 aromatic rings. The van der Waals surface area contributed by atoms with Gasteiger partial charge < -0.3 is 15.4 Å². The number of rotatable bonds is 8. The number of thiophene rings is 1. The maximum absolute atomic E-state index is 13.7. The van der Waals surface area contributed by atoms with E-state index in [1.165, 1.54) is 24.8 Å². The van der Waals surface area contributed by atoms with Gasteiger partial charge in [-0.2, -0.15) is 11.3 Å². The van der Waals surface area contributed by atoms with Crippen LogP contribution in [0.25, 0.3) is 0 Å². The number of ether oxygens (including phenoxy) is 1. The topological polar surface area (TPSA) is 53.6 Å². The Hall–Kier alpha value is -2.12. The smallest absolute Gasteiger partial charge is 0.319 e. The molecule has 0 saturated carbocycles. The molecular formula is C18H24FN3O2S. The summed E-state index contributed by atoms with van der Waals surface area (Å²) in [7, 11) is 1.40. The first-order chi connectivity index (χ1) is 12.1. The minimum Gasteiger partial charge on any atom is -0.494 e. The maximum Gasteiger partial charge on any atom is 0.319 e. The van der Waals surface area contributed by atoms with Crippen LogP contribution in [0.15, 0.2) is 35.0 Å². The van der Waals surface area contributed by atoms with Crippen LogP contribution in [0.4, 0.5) is 14.9 Å². The van der Waals surface area contributed by atoms with Gasteiger partial charge in [0.25, 0.3) is 0 Å². The first kappa shape index (κ1) is 19.2. The predicted octanol–water partition coefficient (Wildman–Crippen LogP) is 4.10. The number of hydrogen-bond acceptors (Lipinski definition) is 4. The highest BCUT2D eigenvalue weighted by Crippen LogP contribution is 2.23. The Morgan fingerprint density at radius 2 is 2.08 bits per heavy atom. The van der Waals surface area contributed by atoms with Crippen molar-refractivity contribution < 1.29 is 13.9 Å². The summed E-state index contributed by atoms with van der Waals surface area (Å²) in [6.07, 6.45) is 0. The minimum absolute atomic E-state index is 0.111. The van der Waals surface area contributed by atoms with Gasteiger partial charge in [0.05, 0.1) is 13.2 Å². The second-order valence-electron chi connectivity index (χ2n) is 5.48. The highest BCUT2D eigenvalue weighted by atomic mass is 32.1. The summed E-state index contributed by atoms with van der Waals surface area (Å²) in [5, 5.41) is 9.66. The molecular weight excluding hydrogens is 341 g/mol. The lowest BCUT2D eigenvalue weighted by atomic mass is 10.1. The number of carbonyl (C=O) groups excluding carboxylic acids is 1. The number of halogens is 1. The van der Waals surface area contributed by atoms with Crippen molar-refractivity contribution in [2.75, 3.05) is 32.1 Å². The maximum atomic E-state index is 13.7. The van der Waals surface area contributed by atoms with Crippen LogP contribution in [-0.4, -0.2) is 37.7 Å². The molecule has 25 heavy (non-hydrogen) atoms. The third kappa shape index (κ3) is 5.17. The fourth-order valence-electron chi connectivity index (χ4n) is 2.70. The van der Waals surface area contributed by atoms with Crippen LogP contribution in [0.2, 0.25) is 0 Å². The average molecular weight is 365 g/mol. The number of nitrogens with one attached hydrogen (secondary N) is 2. The summed E-state index contributed by atoms with van der Waals surface area (Å²) in [4.78, 5) is 14.4. The number of methoxy groups -OCH3 is 1. The quantitative estimate of drug-likeness (QED) is 0.740. The van der Waals surface area contributed by atoms with Crippen LogP contribution in [0.1, 0.15) is 25.5 Å². The van der Waals surface area contributed by atoms with Crippen molar-refractivity contribution in [3.63, 3.8) is 0 Å². The minimum atomic E-state index is -0.514. The van der Waals surface area contributed by atoms with Crippen LogP contribution >= 0.6 is 11.3 Å². The van der Waals surface area contributed by atoms with Gasteiger partial charge in [-0.15, -0.1) is 0 Å². The standard InChI is InChI=1S/C18H24FN3O2S/c1-4-22(5-2)16(13-8-9-25-12-13)11-20-18(23)21-14-6-7-17(24-3)15(19)10-14/h6-10,12,16H,4-5,11H2,1-3H3,(H2,20,21,23)/t16-/m1/s1. The number of urea groups is 1. The molecule has 0 aliphatic heterocycles. The van der Waals surface area contributed by atoms with Crippen molar-refractivity contribution in [1.82, 2.24) is 10.2 Å². The molecule has 136 valence electrons. The van der Waals surface area contributed by atoms with Gasteiger partial charge in [0.2, 0.25) is 0 Å². The number of amides is 2. The molecule has 0 spiro atoms. The highest BCUT2D eigenvalue weighted by Gasteiger charge is 2.19. The molecule has 2 amide bonds. The van der Waals surface area contributed by atoms with Crippen LogP contribution < -0.4 is 15.4 Å². The number of anilines is 1. The van der Waals surface area contributed by atoms with Crippen molar-refractivity contribution in [1.29, 1.82) is 0 Å². The van der Waals surface area contributed by atoms with E-state index in [0.29, 0.717) is 12.2 Å². The van der Waals surface area contributed by atoms with E-state index in [1.54, 1.807) is 17.4 Å². The first-order valence-corrected chi connectivity index (χ1v) is 9.17. The SMILES string of the molecule is CCN(CC)[C@H](CNC(=O)Nc1ccc(OC)c(F)c1)c1ccsc1. The van der Waals surface area contributed by atoms with E-state index in [-0.39, 0.29) is 17.8 Å². The molecule has 1 heterocycles. The van der Waals surface area contributed by atoms with E-state index in [9.17, 15) is 9.18 Å². The number of benzene rings is 1. The molecule has 7 heteroatoms. The second kappa shape index (κ2) is 9.39. The van der Waals surface area contributed by atoms with E-state index in [0.717, 1.165) is 13.1 Å². The summed E-state index contributed by atoms with van der Waals surface area (Å²) in [5.41, 5.74) is 1.57. The van der Waals surface area contributed by atoms with Crippen molar-refractivity contribution in [2.24, 2.45) is 0 Å². The zero-order valence-corrected chi connectivity index (χ0v) is 15.5. The third-order valence-corrected chi connectivity index (χ3v) is 4.75. The molecule has 0 radical (unpaired) electrons. The molecule has 0 unspecified atom stereocenters. The Bertz CT molecular complexity index is 675. The Morgan fingerprint density at radius 3 is 2.64 bits per heavy atom. The molecule has 2 rings (SSSR count).